The first-order valence-electron chi connectivity index (χ1n) is 7.93. The predicted octanol–water partition coefficient (Wildman–Crippen LogP) is 3.48. The molecule has 0 N–H and O–H groups in total. The first-order valence-corrected chi connectivity index (χ1v) is 8.91. The third kappa shape index (κ3) is 2.81. The molecule has 118 valence electrons. The lowest BCUT2D eigenvalue weighted by atomic mass is 9.90. The van der Waals surface area contributed by atoms with Crippen LogP contribution in [0.4, 0.5) is 5.69 Å². The van der Waals surface area contributed by atoms with Gasteiger partial charge in [-0.15, -0.1) is 11.8 Å². The number of anilines is 1. The Morgan fingerprint density at radius 2 is 2.22 bits per heavy atom. The second kappa shape index (κ2) is 6.24. The molecule has 0 radical (unpaired) electrons. The van der Waals surface area contributed by atoms with Crippen LogP contribution in [0.15, 0.2) is 47.6 Å². The number of aromatic nitrogens is 1. The number of hydrogen-bond acceptors (Lipinski definition) is 4. The largest absolute Gasteiger partial charge is 0.493 e. The molecule has 1 amide bonds. The highest BCUT2D eigenvalue weighted by Crippen LogP contribution is 2.38. The van der Waals surface area contributed by atoms with Gasteiger partial charge in [-0.25, -0.2) is 4.98 Å². The Labute approximate surface area is 139 Å². The Balaban J connectivity index is 1.56. The highest BCUT2D eigenvalue weighted by Gasteiger charge is 2.28. The Morgan fingerprint density at radius 3 is 3.17 bits per heavy atom. The quantitative estimate of drug-likeness (QED) is 0.847. The average molecular weight is 326 g/mol. The van der Waals surface area contributed by atoms with E-state index in [4.69, 9.17) is 4.74 Å². The van der Waals surface area contributed by atoms with Crippen LogP contribution in [0.3, 0.4) is 0 Å². The smallest absolute Gasteiger partial charge is 0.227 e. The van der Waals surface area contributed by atoms with Gasteiger partial charge < -0.3 is 9.64 Å². The Hall–Kier alpha value is -2.01. The summed E-state index contributed by atoms with van der Waals surface area (Å²) in [5.74, 6) is 2.25. The van der Waals surface area contributed by atoms with Crippen LogP contribution < -0.4 is 9.64 Å². The number of rotatable bonds is 2. The van der Waals surface area contributed by atoms with Gasteiger partial charge in [-0.05, 0) is 36.1 Å². The van der Waals surface area contributed by atoms with Crippen LogP contribution >= 0.6 is 11.8 Å². The minimum absolute atomic E-state index is 0.182. The third-order valence-corrected chi connectivity index (χ3v) is 5.38. The average Bonchev–Trinajstić information content (AvgIpc) is 2.61. The molecule has 4 rings (SSSR count). The monoisotopic (exact) mass is 326 g/mol. The van der Waals surface area contributed by atoms with E-state index in [1.165, 1.54) is 0 Å². The molecule has 4 nitrogen and oxygen atoms in total. The highest BCUT2D eigenvalue weighted by atomic mass is 32.2. The van der Waals surface area contributed by atoms with Crippen molar-refractivity contribution in [3.63, 3.8) is 0 Å². The second-order valence-electron chi connectivity index (χ2n) is 5.80. The zero-order chi connectivity index (χ0) is 15.6. The van der Waals surface area contributed by atoms with Crippen molar-refractivity contribution in [2.24, 2.45) is 0 Å². The molecule has 0 aliphatic carbocycles. The van der Waals surface area contributed by atoms with E-state index in [0.29, 0.717) is 13.0 Å². The van der Waals surface area contributed by atoms with Crippen molar-refractivity contribution in [1.82, 2.24) is 4.98 Å². The summed E-state index contributed by atoms with van der Waals surface area (Å²) in [6.45, 7) is 1.44. The van der Waals surface area contributed by atoms with Crippen LogP contribution in [0, 0.1) is 0 Å². The van der Waals surface area contributed by atoms with Crippen molar-refractivity contribution in [2.45, 2.75) is 23.8 Å². The standard InChI is InChI=1S/C18H18N2O2S/c21-17(20-9-11-23-18-15(20)5-3-8-19-18)12-13-7-10-22-16-6-2-1-4-14(13)16/h1-6,8,13H,7,9-12H2. The number of carbonyl (C=O) groups excluding carboxylic acids is 1. The fraction of sp³-hybridized carbons (Fsp3) is 0.333. The van der Waals surface area contributed by atoms with Gasteiger partial charge >= 0.3 is 0 Å². The van der Waals surface area contributed by atoms with E-state index in [0.717, 1.165) is 40.7 Å². The van der Waals surface area contributed by atoms with Crippen molar-refractivity contribution in [2.75, 3.05) is 23.8 Å². The molecule has 3 heterocycles. The summed E-state index contributed by atoms with van der Waals surface area (Å²) < 4.78 is 5.70. The molecular weight excluding hydrogens is 308 g/mol. The van der Waals surface area contributed by atoms with Gasteiger partial charge in [0.15, 0.2) is 0 Å². The Kier molecular flexibility index (Phi) is 3.95. The van der Waals surface area contributed by atoms with Crippen molar-refractivity contribution < 1.29 is 9.53 Å². The molecule has 2 aliphatic rings. The van der Waals surface area contributed by atoms with Crippen molar-refractivity contribution in [1.29, 1.82) is 0 Å². The molecule has 0 bridgehead atoms. The molecule has 5 heteroatoms. The number of para-hydroxylation sites is 1. The Bertz CT molecular complexity index is 734. The van der Waals surface area contributed by atoms with Crippen molar-refractivity contribution in [3.05, 3.63) is 48.2 Å². The van der Waals surface area contributed by atoms with Gasteiger partial charge in [-0.2, -0.15) is 0 Å². The maximum atomic E-state index is 12.9. The number of benzene rings is 1. The first-order chi connectivity index (χ1) is 11.3. The number of fused-ring (bicyclic) bond motifs is 2. The maximum Gasteiger partial charge on any atom is 0.227 e. The van der Waals surface area contributed by atoms with Crippen LogP contribution in [0.1, 0.15) is 24.3 Å². The molecule has 0 spiro atoms. The third-order valence-electron chi connectivity index (χ3n) is 4.40. The van der Waals surface area contributed by atoms with E-state index < -0.39 is 0 Å². The van der Waals surface area contributed by atoms with Gasteiger partial charge in [-0.1, -0.05) is 18.2 Å². The Morgan fingerprint density at radius 1 is 1.30 bits per heavy atom. The van der Waals surface area contributed by atoms with E-state index in [1.54, 1.807) is 18.0 Å². The van der Waals surface area contributed by atoms with E-state index in [2.05, 4.69) is 11.1 Å². The van der Waals surface area contributed by atoms with Crippen LogP contribution in [0.25, 0.3) is 0 Å². The minimum Gasteiger partial charge on any atom is -0.493 e. The number of ether oxygens (including phenoxy) is 1. The van der Waals surface area contributed by atoms with Crippen LogP contribution in [0.2, 0.25) is 0 Å². The van der Waals surface area contributed by atoms with Crippen LogP contribution in [-0.2, 0) is 4.79 Å². The normalized spacial score (nSPS) is 19.5. The fourth-order valence-electron chi connectivity index (χ4n) is 3.26. The summed E-state index contributed by atoms with van der Waals surface area (Å²) in [7, 11) is 0. The molecule has 0 fully saturated rings. The van der Waals surface area contributed by atoms with Crippen molar-refractivity contribution in [3.8, 4) is 5.75 Å². The van der Waals surface area contributed by atoms with E-state index >= 15 is 0 Å². The zero-order valence-corrected chi connectivity index (χ0v) is 13.6. The highest BCUT2D eigenvalue weighted by molar-refractivity contribution is 7.99. The molecule has 23 heavy (non-hydrogen) atoms. The first kappa shape index (κ1) is 14.6. The summed E-state index contributed by atoms with van der Waals surface area (Å²) in [5.41, 5.74) is 2.11. The lowest BCUT2D eigenvalue weighted by molar-refractivity contribution is -0.119. The van der Waals surface area contributed by atoms with Crippen molar-refractivity contribution >= 4 is 23.4 Å². The molecule has 2 aliphatic heterocycles. The van der Waals surface area contributed by atoms with Gasteiger partial charge in [-0.3, -0.25) is 4.79 Å². The molecule has 1 unspecified atom stereocenters. The number of amides is 1. The topological polar surface area (TPSA) is 42.4 Å². The summed E-state index contributed by atoms with van der Waals surface area (Å²) in [5, 5.41) is 0.958. The molecule has 1 aromatic heterocycles. The van der Waals surface area contributed by atoms with Crippen LogP contribution in [-0.4, -0.2) is 29.8 Å². The summed E-state index contributed by atoms with van der Waals surface area (Å²) in [6, 6.07) is 11.9. The number of pyridine rings is 1. The summed E-state index contributed by atoms with van der Waals surface area (Å²) >= 11 is 1.72. The van der Waals surface area contributed by atoms with Gasteiger partial charge in [0.25, 0.3) is 0 Å². The molecular formula is C18H18N2O2S. The van der Waals surface area contributed by atoms with E-state index in [9.17, 15) is 4.79 Å². The van der Waals surface area contributed by atoms with E-state index in [1.807, 2.05) is 35.2 Å². The van der Waals surface area contributed by atoms with E-state index in [-0.39, 0.29) is 11.8 Å². The second-order valence-corrected chi connectivity index (χ2v) is 6.88. The minimum atomic E-state index is 0.182. The van der Waals surface area contributed by atoms with Crippen LogP contribution in [0.5, 0.6) is 5.75 Å². The van der Waals surface area contributed by atoms with Gasteiger partial charge in [0, 0.05) is 24.9 Å². The number of thioether (sulfide) groups is 1. The number of nitrogens with zero attached hydrogens (tertiary/aromatic N) is 2. The summed E-state index contributed by atoms with van der Waals surface area (Å²) in [4.78, 5) is 19.2. The lowest BCUT2D eigenvalue weighted by Crippen LogP contribution is -2.36. The molecule has 1 atom stereocenters. The molecule has 1 aromatic carbocycles. The van der Waals surface area contributed by atoms with Gasteiger partial charge in [0.2, 0.25) is 5.91 Å². The summed E-state index contributed by atoms with van der Waals surface area (Å²) in [6.07, 6.45) is 3.21. The maximum absolute atomic E-state index is 12.9. The molecule has 0 saturated heterocycles. The predicted molar refractivity (Wildman–Crippen MR) is 91.2 cm³/mol. The SMILES string of the molecule is O=C(CC1CCOc2ccccc21)N1CCSc2ncccc21. The van der Waals surface area contributed by atoms with Gasteiger partial charge in [0.05, 0.1) is 12.3 Å². The molecule has 0 saturated carbocycles. The van der Waals surface area contributed by atoms with Gasteiger partial charge in [0.1, 0.15) is 10.8 Å². The lowest BCUT2D eigenvalue weighted by Gasteiger charge is -2.31. The zero-order valence-electron chi connectivity index (χ0n) is 12.8. The molecule has 2 aromatic rings. The number of carbonyl (C=O) groups is 1. The number of hydrogen-bond donors (Lipinski definition) is 0. The fourth-order valence-corrected chi connectivity index (χ4v) is 4.19.